The molecule has 0 radical (unpaired) electrons. The Morgan fingerprint density at radius 1 is 1.12 bits per heavy atom. The lowest BCUT2D eigenvalue weighted by Gasteiger charge is -2.12. The highest BCUT2D eigenvalue weighted by molar-refractivity contribution is 6.20. The lowest BCUT2D eigenvalue weighted by atomic mass is 9.99. The van der Waals surface area contributed by atoms with E-state index in [4.69, 9.17) is 11.6 Å². The van der Waals surface area contributed by atoms with E-state index in [1.54, 1.807) is 0 Å². The van der Waals surface area contributed by atoms with Crippen LogP contribution in [0, 0.1) is 19.8 Å². The zero-order valence-corrected chi connectivity index (χ0v) is 11.6. The molecule has 0 aromatic heterocycles. The van der Waals surface area contributed by atoms with Crippen molar-refractivity contribution in [3.05, 3.63) is 34.9 Å². The smallest absolute Gasteiger partial charge is 0.0341 e. The van der Waals surface area contributed by atoms with E-state index in [1.165, 1.54) is 16.7 Å². The molecule has 0 amide bonds. The average molecular weight is 239 g/mol. The topological polar surface area (TPSA) is 0 Å². The van der Waals surface area contributed by atoms with Gasteiger partial charge in [0, 0.05) is 5.38 Å². The van der Waals surface area contributed by atoms with Crippen LogP contribution >= 0.6 is 11.6 Å². The van der Waals surface area contributed by atoms with Crippen LogP contribution in [0.4, 0.5) is 0 Å². The SMILES string of the molecule is Cc1ccc(CCC(Cl)CC(C)C)cc1C. The normalized spacial score (nSPS) is 13.1. The van der Waals surface area contributed by atoms with E-state index in [2.05, 4.69) is 45.9 Å². The van der Waals surface area contributed by atoms with Gasteiger partial charge in [0.15, 0.2) is 0 Å². The quantitative estimate of drug-likeness (QED) is 0.641. The summed E-state index contributed by atoms with van der Waals surface area (Å²) in [5.41, 5.74) is 4.17. The van der Waals surface area contributed by atoms with Gasteiger partial charge in [-0.3, -0.25) is 0 Å². The molecule has 0 saturated carbocycles. The second-order valence-electron chi connectivity index (χ2n) is 5.18. The Labute approximate surface area is 105 Å². The monoisotopic (exact) mass is 238 g/mol. The molecule has 1 unspecified atom stereocenters. The van der Waals surface area contributed by atoms with Gasteiger partial charge in [-0.1, -0.05) is 32.0 Å². The van der Waals surface area contributed by atoms with Crippen LogP contribution in [0.3, 0.4) is 0 Å². The highest BCUT2D eigenvalue weighted by atomic mass is 35.5. The summed E-state index contributed by atoms with van der Waals surface area (Å²) in [4.78, 5) is 0. The van der Waals surface area contributed by atoms with Crippen molar-refractivity contribution in [3.63, 3.8) is 0 Å². The van der Waals surface area contributed by atoms with Gasteiger partial charge in [0.2, 0.25) is 0 Å². The van der Waals surface area contributed by atoms with Crippen molar-refractivity contribution in [2.75, 3.05) is 0 Å². The van der Waals surface area contributed by atoms with Crippen molar-refractivity contribution in [3.8, 4) is 0 Å². The number of halogens is 1. The van der Waals surface area contributed by atoms with Crippen LogP contribution in [0.1, 0.15) is 43.4 Å². The molecule has 0 bridgehead atoms. The van der Waals surface area contributed by atoms with E-state index >= 15 is 0 Å². The van der Waals surface area contributed by atoms with Crippen molar-refractivity contribution in [2.24, 2.45) is 5.92 Å². The van der Waals surface area contributed by atoms with E-state index in [0.29, 0.717) is 11.3 Å². The Balaban J connectivity index is 2.45. The molecular weight excluding hydrogens is 216 g/mol. The number of benzene rings is 1. The third-order valence-electron chi connectivity index (χ3n) is 3.04. The highest BCUT2D eigenvalue weighted by Gasteiger charge is 2.07. The van der Waals surface area contributed by atoms with Crippen LogP contribution in [0.2, 0.25) is 0 Å². The van der Waals surface area contributed by atoms with E-state index in [1.807, 2.05) is 0 Å². The van der Waals surface area contributed by atoms with Crippen molar-refractivity contribution in [1.29, 1.82) is 0 Å². The second-order valence-corrected chi connectivity index (χ2v) is 5.80. The van der Waals surface area contributed by atoms with Gasteiger partial charge in [0.05, 0.1) is 0 Å². The number of aryl methyl sites for hydroxylation is 3. The van der Waals surface area contributed by atoms with Crippen LogP contribution in [0.25, 0.3) is 0 Å². The van der Waals surface area contributed by atoms with Crippen molar-refractivity contribution < 1.29 is 0 Å². The lowest BCUT2D eigenvalue weighted by Crippen LogP contribution is -2.05. The molecule has 16 heavy (non-hydrogen) atoms. The minimum absolute atomic E-state index is 0.321. The van der Waals surface area contributed by atoms with Gasteiger partial charge in [-0.05, 0) is 55.7 Å². The Kier molecular flexibility index (Phi) is 5.34. The summed E-state index contributed by atoms with van der Waals surface area (Å²) in [6.07, 6.45) is 3.30. The van der Waals surface area contributed by atoms with Crippen molar-refractivity contribution >= 4 is 11.6 Å². The molecule has 1 heteroatoms. The zero-order valence-electron chi connectivity index (χ0n) is 10.9. The first-order chi connectivity index (χ1) is 7.49. The third-order valence-corrected chi connectivity index (χ3v) is 3.44. The molecule has 0 nitrogen and oxygen atoms in total. The van der Waals surface area contributed by atoms with Crippen LogP contribution in [0.15, 0.2) is 18.2 Å². The Hall–Kier alpha value is -0.490. The van der Waals surface area contributed by atoms with E-state index in [-0.39, 0.29) is 0 Å². The van der Waals surface area contributed by atoms with E-state index < -0.39 is 0 Å². The predicted molar refractivity (Wildman–Crippen MR) is 73.3 cm³/mol. The average Bonchev–Trinajstić information content (AvgIpc) is 2.19. The van der Waals surface area contributed by atoms with Gasteiger partial charge in [0.25, 0.3) is 0 Å². The molecule has 0 fully saturated rings. The number of rotatable bonds is 5. The van der Waals surface area contributed by atoms with Gasteiger partial charge in [0.1, 0.15) is 0 Å². The fourth-order valence-corrected chi connectivity index (χ4v) is 2.38. The van der Waals surface area contributed by atoms with Crippen LogP contribution < -0.4 is 0 Å². The van der Waals surface area contributed by atoms with E-state index in [0.717, 1.165) is 19.3 Å². The van der Waals surface area contributed by atoms with Crippen LogP contribution in [0.5, 0.6) is 0 Å². The summed E-state index contributed by atoms with van der Waals surface area (Å²) in [5.74, 6) is 0.697. The summed E-state index contributed by atoms with van der Waals surface area (Å²) >= 11 is 6.30. The molecular formula is C15H23Cl. The largest absolute Gasteiger partial charge is 0.123 e. The molecule has 0 saturated heterocycles. The maximum Gasteiger partial charge on any atom is 0.0341 e. The minimum Gasteiger partial charge on any atom is -0.123 e. The Morgan fingerprint density at radius 3 is 2.38 bits per heavy atom. The molecule has 0 aliphatic rings. The zero-order chi connectivity index (χ0) is 12.1. The molecule has 0 spiro atoms. The van der Waals surface area contributed by atoms with Crippen molar-refractivity contribution in [1.82, 2.24) is 0 Å². The molecule has 0 N–H and O–H groups in total. The highest BCUT2D eigenvalue weighted by Crippen LogP contribution is 2.18. The molecule has 1 aromatic rings. The fourth-order valence-electron chi connectivity index (χ4n) is 1.91. The number of alkyl halides is 1. The van der Waals surface area contributed by atoms with Gasteiger partial charge in [-0.25, -0.2) is 0 Å². The minimum atomic E-state index is 0.321. The number of hydrogen-bond donors (Lipinski definition) is 0. The summed E-state index contributed by atoms with van der Waals surface area (Å²) in [6.45, 7) is 8.78. The van der Waals surface area contributed by atoms with Gasteiger partial charge in [-0.15, -0.1) is 11.6 Å². The molecule has 0 aliphatic heterocycles. The summed E-state index contributed by atoms with van der Waals surface area (Å²) in [6, 6.07) is 6.71. The number of hydrogen-bond acceptors (Lipinski definition) is 0. The first kappa shape index (κ1) is 13.6. The lowest BCUT2D eigenvalue weighted by molar-refractivity contribution is 0.544. The first-order valence-electron chi connectivity index (χ1n) is 6.19. The van der Waals surface area contributed by atoms with E-state index in [9.17, 15) is 0 Å². The molecule has 1 atom stereocenters. The van der Waals surface area contributed by atoms with Gasteiger partial charge in [-0.2, -0.15) is 0 Å². The van der Waals surface area contributed by atoms with Crippen LogP contribution in [-0.4, -0.2) is 5.38 Å². The molecule has 90 valence electrons. The Morgan fingerprint density at radius 2 is 1.81 bits per heavy atom. The predicted octanol–water partition coefficient (Wildman–Crippen LogP) is 4.89. The standard InChI is InChI=1S/C15H23Cl/c1-11(2)9-15(16)8-7-14-6-5-12(3)13(4)10-14/h5-6,10-11,15H,7-9H2,1-4H3. The summed E-state index contributed by atoms with van der Waals surface area (Å²) < 4.78 is 0. The molecule has 1 aromatic carbocycles. The van der Waals surface area contributed by atoms with Gasteiger partial charge < -0.3 is 0 Å². The maximum atomic E-state index is 6.30. The summed E-state index contributed by atoms with van der Waals surface area (Å²) in [7, 11) is 0. The maximum absolute atomic E-state index is 6.30. The van der Waals surface area contributed by atoms with Crippen molar-refractivity contribution in [2.45, 2.75) is 52.3 Å². The first-order valence-corrected chi connectivity index (χ1v) is 6.63. The Bertz CT molecular complexity index is 328. The third kappa shape index (κ3) is 4.57. The second kappa shape index (κ2) is 6.30. The van der Waals surface area contributed by atoms with Gasteiger partial charge >= 0.3 is 0 Å². The fraction of sp³-hybridized carbons (Fsp3) is 0.600. The molecule has 0 heterocycles. The molecule has 1 rings (SSSR count). The molecule has 0 aliphatic carbocycles. The summed E-state index contributed by atoms with van der Waals surface area (Å²) in [5, 5.41) is 0.321. The van der Waals surface area contributed by atoms with Crippen LogP contribution in [-0.2, 0) is 6.42 Å².